The SMILES string of the molecule is CCC1CCCC(Oc2ccccc2CN)C1. The average Bonchev–Trinajstić information content (AvgIpc) is 2.39. The highest BCUT2D eigenvalue weighted by Gasteiger charge is 2.22. The molecule has 0 bridgehead atoms. The standard InChI is InChI=1S/C15H23NO/c1-2-12-6-5-8-14(10-12)17-15-9-4-3-7-13(15)11-16/h3-4,7,9,12,14H,2,5-6,8,10-11,16H2,1H3. The molecule has 0 saturated heterocycles. The molecule has 0 spiro atoms. The van der Waals surface area contributed by atoms with Crippen molar-refractivity contribution in [3.63, 3.8) is 0 Å². The summed E-state index contributed by atoms with van der Waals surface area (Å²) in [6.07, 6.45) is 6.73. The lowest BCUT2D eigenvalue weighted by atomic mass is 9.85. The van der Waals surface area contributed by atoms with Crippen molar-refractivity contribution >= 4 is 0 Å². The summed E-state index contributed by atoms with van der Waals surface area (Å²) in [4.78, 5) is 0. The van der Waals surface area contributed by atoms with Crippen molar-refractivity contribution < 1.29 is 4.74 Å². The van der Waals surface area contributed by atoms with E-state index in [9.17, 15) is 0 Å². The van der Waals surface area contributed by atoms with E-state index >= 15 is 0 Å². The lowest BCUT2D eigenvalue weighted by molar-refractivity contribution is 0.121. The van der Waals surface area contributed by atoms with E-state index in [4.69, 9.17) is 10.5 Å². The smallest absolute Gasteiger partial charge is 0.124 e. The van der Waals surface area contributed by atoms with E-state index < -0.39 is 0 Å². The predicted molar refractivity (Wildman–Crippen MR) is 71.0 cm³/mol. The van der Waals surface area contributed by atoms with Crippen molar-refractivity contribution in [1.29, 1.82) is 0 Å². The minimum atomic E-state index is 0.390. The molecule has 0 amide bonds. The third-order valence-electron chi connectivity index (χ3n) is 3.80. The Bertz CT molecular complexity index is 351. The molecule has 2 atom stereocenters. The normalized spacial score (nSPS) is 24.6. The molecule has 2 N–H and O–H groups in total. The first-order chi connectivity index (χ1) is 8.33. The predicted octanol–water partition coefficient (Wildman–Crippen LogP) is 3.49. The van der Waals surface area contributed by atoms with Gasteiger partial charge in [-0.05, 0) is 31.2 Å². The second kappa shape index (κ2) is 6.06. The number of hydrogen-bond acceptors (Lipinski definition) is 2. The van der Waals surface area contributed by atoms with Crippen molar-refractivity contribution in [2.24, 2.45) is 11.7 Å². The highest BCUT2D eigenvalue weighted by molar-refractivity contribution is 5.33. The monoisotopic (exact) mass is 233 g/mol. The first-order valence-corrected chi connectivity index (χ1v) is 6.78. The minimum Gasteiger partial charge on any atom is -0.490 e. The Balaban J connectivity index is 2.00. The van der Waals surface area contributed by atoms with E-state index in [0.29, 0.717) is 12.6 Å². The molecule has 1 fully saturated rings. The molecule has 1 aliphatic rings. The van der Waals surface area contributed by atoms with Crippen LogP contribution in [0.15, 0.2) is 24.3 Å². The molecule has 1 saturated carbocycles. The summed E-state index contributed by atoms with van der Waals surface area (Å²) < 4.78 is 6.13. The van der Waals surface area contributed by atoms with Crippen molar-refractivity contribution in [3.05, 3.63) is 29.8 Å². The maximum absolute atomic E-state index is 6.13. The van der Waals surface area contributed by atoms with Crippen LogP contribution in [0.2, 0.25) is 0 Å². The van der Waals surface area contributed by atoms with Gasteiger partial charge in [0.1, 0.15) is 5.75 Å². The van der Waals surface area contributed by atoms with E-state index in [0.717, 1.165) is 17.2 Å². The highest BCUT2D eigenvalue weighted by Crippen LogP contribution is 2.30. The van der Waals surface area contributed by atoms with E-state index in [1.54, 1.807) is 0 Å². The van der Waals surface area contributed by atoms with Crippen LogP contribution < -0.4 is 10.5 Å². The van der Waals surface area contributed by atoms with Gasteiger partial charge in [0.05, 0.1) is 6.10 Å². The molecule has 1 aromatic rings. The van der Waals surface area contributed by atoms with Gasteiger partial charge in [-0.1, -0.05) is 38.0 Å². The van der Waals surface area contributed by atoms with Gasteiger partial charge in [0, 0.05) is 12.1 Å². The second-order valence-corrected chi connectivity index (χ2v) is 4.99. The summed E-state index contributed by atoms with van der Waals surface area (Å²) in [7, 11) is 0. The molecule has 94 valence electrons. The van der Waals surface area contributed by atoms with Gasteiger partial charge in [-0.3, -0.25) is 0 Å². The van der Waals surface area contributed by atoms with Crippen LogP contribution in [0.25, 0.3) is 0 Å². The fraction of sp³-hybridized carbons (Fsp3) is 0.600. The molecule has 2 unspecified atom stereocenters. The minimum absolute atomic E-state index is 0.390. The van der Waals surface area contributed by atoms with Crippen molar-refractivity contribution in [2.45, 2.75) is 51.7 Å². The fourth-order valence-electron chi connectivity index (χ4n) is 2.69. The van der Waals surface area contributed by atoms with Crippen LogP contribution in [0, 0.1) is 5.92 Å². The molecule has 2 nitrogen and oxygen atoms in total. The molecule has 2 heteroatoms. The van der Waals surface area contributed by atoms with Crippen LogP contribution in [0.5, 0.6) is 5.75 Å². The molecule has 2 rings (SSSR count). The Hall–Kier alpha value is -1.02. The Kier molecular flexibility index (Phi) is 4.43. The molecular formula is C15H23NO. The van der Waals surface area contributed by atoms with Crippen molar-refractivity contribution in [2.75, 3.05) is 0 Å². The van der Waals surface area contributed by atoms with Gasteiger partial charge < -0.3 is 10.5 Å². The summed E-state index contributed by atoms with van der Waals surface area (Å²) in [6.45, 7) is 2.83. The third-order valence-corrected chi connectivity index (χ3v) is 3.80. The fourth-order valence-corrected chi connectivity index (χ4v) is 2.69. The molecular weight excluding hydrogens is 210 g/mol. The van der Waals surface area contributed by atoms with Gasteiger partial charge in [0.25, 0.3) is 0 Å². The van der Waals surface area contributed by atoms with Gasteiger partial charge in [-0.2, -0.15) is 0 Å². The van der Waals surface area contributed by atoms with Gasteiger partial charge in [-0.15, -0.1) is 0 Å². The number of benzene rings is 1. The third kappa shape index (κ3) is 3.22. The quantitative estimate of drug-likeness (QED) is 0.864. The first-order valence-electron chi connectivity index (χ1n) is 6.78. The molecule has 17 heavy (non-hydrogen) atoms. The Morgan fingerprint density at radius 2 is 2.12 bits per heavy atom. The summed E-state index contributed by atoms with van der Waals surface area (Å²) in [6, 6.07) is 8.13. The summed E-state index contributed by atoms with van der Waals surface area (Å²) in [5.41, 5.74) is 6.85. The molecule has 0 radical (unpaired) electrons. The van der Waals surface area contributed by atoms with E-state index in [2.05, 4.69) is 13.0 Å². The highest BCUT2D eigenvalue weighted by atomic mass is 16.5. The van der Waals surface area contributed by atoms with Crippen LogP contribution >= 0.6 is 0 Å². The molecule has 1 aromatic carbocycles. The van der Waals surface area contributed by atoms with E-state index in [1.165, 1.54) is 32.1 Å². The van der Waals surface area contributed by atoms with Crippen LogP contribution in [0.1, 0.15) is 44.6 Å². The molecule has 0 aromatic heterocycles. The Morgan fingerprint density at radius 1 is 1.29 bits per heavy atom. The van der Waals surface area contributed by atoms with E-state index in [1.807, 2.05) is 18.2 Å². The van der Waals surface area contributed by atoms with Gasteiger partial charge in [-0.25, -0.2) is 0 Å². The van der Waals surface area contributed by atoms with Crippen LogP contribution in [-0.4, -0.2) is 6.10 Å². The van der Waals surface area contributed by atoms with Crippen LogP contribution in [0.3, 0.4) is 0 Å². The molecule has 0 heterocycles. The summed E-state index contributed by atoms with van der Waals surface area (Å²) >= 11 is 0. The molecule has 1 aliphatic carbocycles. The largest absolute Gasteiger partial charge is 0.490 e. The first kappa shape index (κ1) is 12.4. The van der Waals surface area contributed by atoms with Crippen molar-refractivity contribution in [3.8, 4) is 5.75 Å². The summed E-state index contributed by atoms with van der Waals surface area (Å²) in [5.74, 6) is 1.83. The van der Waals surface area contributed by atoms with Crippen LogP contribution in [-0.2, 0) is 6.54 Å². The average molecular weight is 233 g/mol. The maximum Gasteiger partial charge on any atom is 0.124 e. The van der Waals surface area contributed by atoms with Gasteiger partial charge in [0.2, 0.25) is 0 Å². The van der Waals surface area contributed by atoms with E-state index in [-0.39, 0.29) is 0 Å². The lowest BCUT2D eigenvalue weighted by Gasteiger charge is -2.29. The van der Waals surface area contributed by atoms with Crippen LogP contribution in [0.4, 0.5) is 0 Å². The summed E-state index contributed by atoms with van der Waals surface area (Å²) in [5, 5.41) is 0. The number of nitrogens with two attached hydrogens (primary N) is 1. The van der Waals surface area contributed by atoms with Gasteiger partial charge >= 0.3 is 0 Å². The topological polar surface area (TPSA) is 35.2 Å². The second-order valence-electron chi connectivity index (χ2n) is 4.99. The zero-order valence-electron chi connectivity index (χ0n) is 10.7. The van der Waals surface area contributed by atoms with Crippen molar-refractivity contribution in [1.82, 2.24) is 0 Å². The number of ether oxygens (including phenoxy) is 1. The molecule has 0 aliphatic heterocycles. The zero-order valence-corrected chi connectivity index (χ0v) is 10.7. The maximum atomic E-state index is 6.13. The van der Waals surface area contributed by atoms with Gasteiger partial charge in [0.15, 0.2) is 0 Å². The zero-order chi connectivity index (χ0) is 12.1. The number of rotatable bonds is 4. The number of hydrogen-bond donors (Lipinski definition) is 1. The Morgan fingerprint density at radius 3 is 2.88 bits per heavy atom. The Labute approximate surface area is 104 Å². The lowest BCUT2D eigenvalue weighted by Crippen LogP contribution is -2.25. The number of para-hydroxylation sites is 1.